The minimum atomic E-state index is 0.183. The van der Waals surface area contributed by atoms with Crippen LogP contribution < -0.4 is 0 Å². The second kappa shape index (κ2) is 15.4. The Hall–Kier alpha value is -2.08. The second-order valence-electron chi connectivity index (χ2n) is 10.3. The first-order valence-corrected chi connectivity index (χ1v) is 15.3. The van der Waals surface area contributed by atoms with Crippen LogP contribution in [0, 0.1) is 0 Å². The molecule has 0 aliphatic heterocycles. The molecule has 1 heterocycles. The van der Waals surface area contributed by atoms with Crippen LogP contribution in [0.15, 0.2) is 36.4 Å². The molecular weight excluding hydrogens is 476 g/mol. The fourth-order valence-corrected chi connectivity index (χ4v) is 5.85. The van der Waals surface area contributed by atoms with Crippen molar-refractivity contribution in [2.75, 3.05) is 39.3 Å². The monoisotopic (exact) mass is 522 g/mol. The number of carbonyl (C=O) groups is 2. The van der Waals surface area contributed by atoms with Gasteiger partial charge in [-0.2, -0.15) is 0 Å². The van der Waals surface area contributed by atoms with Crippen molar-refractivity contribution in [3.05, 3.63) is 47.5 Å². The van der Waals surface area contributed by atoms with Crippen molar-refractivity contribution in [1.29, 1.82) is 0 Å². The van der Waals surface area contributed by atoms with Crippen molar-refractivity contribution < 1.29 is 9.59 Å². The lowest BCUT2D eigenvalue weighted by Gasteiger charge is -2.21. The molecule has 0 N–H and O–H groups in total. The van der Waals surface area contributed by atoms with Crippen molar-refractivity contribution in [1.82, 2.24) is 9.80 Å². The van der Waals surface area contributed by atoms with Crippen molar-refractivity contribution >= 4 is 43.1 Å². The number of fused-ring (bicyclic) bond motifs is 3. The third-order valence-corrected chi connectivity index (χ3v) is 8.31. The van der Waals surface area contributed by atoms with Gasteiger partial charge in [-0.25, -0.2) is 0 Å². The molecule has 0 fully saturated rings. The van der Waals surface area contributed by atoms with Crippen LogP contribution in [0.5, 0.6) is 0 Å². The lowest BCUT2D eigenvalue weighted by molar-refractivity contribution is 0.0920. The summed E-state index contributed by atoms with van der Waals surface area (Å²) in [5, 5.41) is 2.17. The molecule has 0 saturated heterocycles. The summed E-state index contributed by atoms with van der Waals surface area (Å²) in [5.41, 5.74) is 1.54. The maximum absolute atomic E-state index is 13.3. The van der Waals surface area contributed by atoms with E-state index >= 15 is 0 Å². The van der Waals surface area contributed by atoms with Gasteiger partial charge in [0.15, 0.2) is 11.6 Å². The zero-order valence-corrected chi connectivity index (χ0v) is 24.3. The Labute approximate surface area is 228 Å². The lowest BCUT2D eigenvalue weighted by Crippen LogP contribution is -2.32. The van der Waals surface area contributed by atoms with Crippen LogP contribution in [-0.4, -0.2) is 60.6 Å². The first-order valence-electron chi connectivity index (χ1n) is 14.5. The molecule has 202 valence electrons. The number of hydrogen-bond acceptors (Lipinski definition) is 5. The smallest absolute Gasteiger partial charge is 0.176 e. The van der Waals surface area contributed by atoms with E-state index < -0.39 is 0 Å². The zero-order valence-electron chi connectivity index (χ0n) is 23.5. The van der Waals surface area contributed by atoms with Gasteiger partial charge in [0.1, 0.15) is 0 Å². The SMILES string of the molecule is CCCCN(CCCC)CC(=O)c1ccc2sc3ccc(C(=O)CN(CCCC)CCCC)cc3c2c1. The van der Waals surface area contributed by atoms with Gasteiger partial charge in [0.05, 0.1) is 13.1 Å². The molecule has 0 radical (unpaired) electrons. The predicted octanol–water partition coefficient (Wildman–Crippen LogP) is 8.22. The van der Waals surface area contributed by atoms with Crippen molar-refractivity contribution in [3.8, 4) is 0 Å². The number of thiophene rings is 1. The van der Waals surface area contributed by atoms with Crippen LogP contribution in [0.4, 0.5) is 0 Å². The Morgan fingerprint density at radius 3 is 1.27 bits per heavy atom. The van der Waals surface area contributed by atoms with Crippen molar-refractivity contribution in [2.45, 2.75) is 79.1 Å². The van der Waals surface area contributed by atoms with Crippen molar-refractivity contribution in [2.24, 2.45) is 0 Å². The summed E-state index contributed by atoms with van der Waals surface area (Å²) in [5.74, 6) is 0.367. The Morgan fingerprint density at radius 2 is 0.946 bits per heavy atom. The molecule has 5 heteroatoms. The summed E-state index contributed by atoms with van der Waals surface area (Å²) in [6, 6.07) is 12.2. The number of ketones is 2. The Balaban J connectivity index is 1.82. The highest BCUT2D eigenvalue weighted by Gasteiger charge is 2.17. The molecule has 0 saturated carbocycles. The number of hydrogen-bond donors (Lipinski definition) is 0. The van der Waals surface area contributed by atoms with Gasteiger partial charge >= 0.3 is 0 Å². The van der Waals surface area contributed by atoms with Crippen LogP contribution in [-0.2, 0) is 0 Å². The number of nitrogens with zero attached hydrogens (tertiary/aromatic N) is 2. The molecule has 0 aliphatic carbocycles. The Kier molecular flexibility index (Phi) is 12.2. The summed E-state index contributed by atoms with van der Waals surface area (Å²) >= 11 is 1.73. The topological polar surface area (TPSA) is 40.6 Å². The number of benzene rings is 2. The summed E-state index contributed by atoms with van der Waals surface area (Å²) in [6.07, 6.45) is 9.04. The molecule has 0 bridgehead atoms. The fraction of sp³-hybridized carbons (Fsp3) is 0.562. The Morgan fingerprint density at radius 1 is 0.595 bits per heavy atom. The standard InChI is InChI=1S/C32H46N2O2S/c1-5-9-17-33(18-10-6-2)23-29(35)25-13-15-31-27(21-25)28-22-26(14-16-32(28)37-31)30(36)24-34(19-11-7-3)20-12-8-4/h13-16,21-22H,5-12,17-20,23-24H2,1-4H3. The maximum atomic E-state index is 13.3. The van der Waals surface area contributed by atoms with Gasteiger partial charge in [0, 0.05) is 31.3 Å². The number of Topliss-reactive ketones (excluding diaryl/α,β-unsaturated/α-hetero) is 2. The van der Waals surface area contributed by atoms with E-state index in [1.807, 2.05) is 12.1 Å². The summed E-state index contributed by atoms with van der Waals surface area (Å²) < 4.78 is 2.33. The largest absolute Gasteiger partial charge is 0.296 e. The molecule has 0 atom stereocenters. The average Bonchev–Trinajstić information content (AvgIpc) is 3.28. The fourth-order valence-electron chi connectivity index (χ4n) is 4.78. The molecule has 1 aromatic heterocycles. The summed E-state index contributed by atoms with van der Waals surface area (Å²) in [4.78, 5) is 31.1. The first kappa shape index (κ1) is 29.5. The highest BCUT2D eigenvalue weighted by molar-refractivity contribution is 7.25. The van der Waals surface area contributed by atoms with E-state index in [1.165, 1.54) is 0 Å². The maximum Gasteiger partial charge on any atom is 0.176 e. The highest BCUT2D eigenvalue weighted by atomic mass is 32.1. The van der Waals surface area contributed by atoms with Gasteiger partial charge in [-0.05, 0) is 88.3 Å². The molecule has 0 unspecified atom stereocenters. The van der Waals surface area contributed by atoms with Gasteiger partial charge in [-0.3, -0.25) is 19.4 Å². The molecule has 3 aromatic rings. The summed E-state index contributed by atoms with van der Waals surface area (Å²) in [7, 11) is 0. The van der Waals surface area contributed by atoms with E-state index in [-0.39, 0.29) is 11.6 Å². The van der Waals surface area contributed by atoms with Crippen LogP contribution in [0.25, 0.3) is 20.2 Å². The van der Waals surface area contributed by atoms with E-state index in [4.69, 9.17) is 0 Å². The molecule has 0 aliphatic rings. The van der Waals surface area contributed by atoms with E-state index in [1.54, 1.807) is 11.3 Å². The minimum absolute atomic E-state index is 0.183. The lowest BCUT2D eigenvalue weighted by atomic mass is 10.0. The van der Waals surface area contributed by atoms with E-state index in [0.29, 0.717) is 13.1 Å². The molecule has 3 rings (SSSR count). The first-order chi connectivity index (χ1) is 18.0. The highest BCUT2D eigenvalue weighted by Crippen LogP contribution is 2.35. The van der Waals surface area contributed by atoms with Crippen LogP contribution in [0.3, 0.4) is 0 Å². The normalized spacial score (nSPS) is 11.8. The van der Waals surface area contributed by atoms with Crippen molar-refractivity contribution in [3.63, 3.8) is 0 Å². The molecule has 37 heavy (non-hydrogen) atoms. The van der Waals surface area contributed by atoms with E-state index in [9.17, 15) is 9.59 Å². The molecule has 4 nitrogen and oxygen atoms in total. The quantitative estimate of drug-likeness (QED) is 0.158. The van der Waals surface area contributed by atoms with Gasteiger partial charge in [0.2, 0.25) is 0 Å². The van der Waals surface area contributed by atoms with Crippen LogP contribution >= 0.6 is 11.3 Å². The molecule has 0 spiro atoms. The number of rotatable bonds is 18. The molecule has 2 aromatic carbocycles. The number of carbonyl (C=O) groups excluding carboxylic acids is 2. The molecular formula is C32H46N2O2S. The van der Waals surface area contributed by atoms with Crippen LogP contribution in [0.1, 0.15) is 99.8 Å². The van der Waals surface area contributed by atoms with E-state index in [2.05, 4.69) is 61.8 Å². The summed E-state index contributed by atoms with van der Waals surface area (Å²) in [6.45, 7) is 13.6. The third kappa shape index (κ3) is 8.46. The Bertz CT molecular complexity index is 1050. The minimum Gasteiger partial charge on any atom is -0.296 e. The van der Waals surface area contributed by atoms with Gasteiger partial charge < -0.3 is 0 Å². The van der Waals surface area contributed by atoms with Gasteiger partial charge in [-0.15, -0.1) is 11.3 Å². The van der Waals surface area contributed by atoms with Gasteiger partial charge in [0.25, 0.3) is 0 Å². The molecule has 0 amide bonds. The second-order valence-corrected chi connectivity index (χ2v) is 11.4. The third-order valence-electron chi connectivity index (χ3n) is 7.16. The van der Waals surface area contributed by atoms with E-state index in [0.717, 1.165) is 109 Å². The predicted molar refractivity (Wildman–Crippen MR) is 161 cm³/mol. The zero-order chi connectivity index (χ0) is 26.6. The average molecular weight is 523 g/mol. The van der Waals surface area contributed by atoms with Crippen LogP contribution in [0.2, 0.25) is 0 Å². The number of unbranched alkanes of at least 4 members (excludes halogenated alkanes) is 4. The van der Waals surface area contributed by atoms with Gasteiger partial charge in [-0.1, -0.05) is 53.4 Å².